The highest BCUT2D eigenvalue weighted by Gasteiger charge is 2.03. The van der Waals surface area contributed by atoms with Crippen LogP contribution in [0.1, 0.15) is 22.3 Å². The second-order valence-corrected chi connectivity index (χ2v) is 5.57. The van der Waals surface area contributed by atoms with Gasteiger partial charge in [0.05, 0.1) is 0 Å². The van der Waals surface area contributed by atoms with Crippen LogP contribution < -0.4 is 5.32 Å². The van der Waals surface area contributed by atoms with Gasteiger partial charge in [-0.2, -0.15) is 0 Å². The number of hydrogen-bond donors (Lipinski definition) is 2. The average Bonchev–Trinajstić information content (AvgIpc) is 2.43. The van der Waals surface area contributed by atoms with Gasteiger partial charge in [0.25, 0.3) is 0 Å². The summed E-state index contributed by atoms with van der Waals surface area (Å²) in [5, 5.41) is 13.9. The second-order valence-electron chi connectivity index (χ2n) is 5.13. The molecular formula is C17H20ClNO. The van der Waals surface area contributed by atoms with Crippen molar-refractivity contribution >= 4 is 11.6 Å². The van der Waals surface area contributed by atoms with Gasteiger partial charge in [0.1, 0.15) is 5.75 Å². The number of halogens is 1. The van der Waals surface area contributed by atoms with E-state index in [1.807, 2.05) is 38.1 Å². The fourth-order valence-electron chi connectivity index (χ4n) is 2.26. The predicted molar refractivity (Wildman–Crippen MR) is 84.4 cm³/mol. The first-order valence-corrected chi connectivity index (χ1v) is 7.18. The van der Waals surface area contributed by atoms with Gasteiger partial charge in [0.15, 0.2) is 0 Å². The van der Waals surface area contributed by atoms with Crippen molar-refractivity contribution in [2.75, 3.05) is 6.54 Å². The normalized spacial score (nSPS) is 10.8. The molecule has 0 aliphatic rings. The molecule has 0 atom stereocenters. The molecule has 106 valence electrons. The summed E-state index contributed by atoms with van der Waals surface area (Å²) in [4.78, 5) is 0. The maximum absolute atomic E-state index is 9.74. The van der Waals surface area contributed by atoms with Crippen molar-refractivity contribution in [3.63, 3.8) is 0 Å². The monoisotopic (exact) mass is 289 g/mol. The summed E-state index contributed by atoms with van der Waals surface area (Å²) in [6, 6.07) is 12.0. The molecule has 2 rings (SSSR count). The summed E-state index contributed by atoms with van der Waals surface area (Å²) in [7, 11) is 0. The van der Waals surface area contributed by atoms with Crippen molar-refractivity contribution in [2.45, 2.75) is 26.8 Å². The third kappa shape index (κ3) is 3.99. The summed E-state index contributed by atoms with van der Waals surface area (Å²) in [5.74, 6) is 0.398. The van der Waals surface area contributed by atoms with Gasteiger partial charge in [-0.1, -0.05) is 35.9 Å². The molecule has 0 aromatic heterocycles. The highest BCUT2D eigenvalue weighted by molar-refractivity contribution is 6.30. The van der Waals surface area contributed by atoms with E-state index in [0.717, 1.165) is 35.7 Å². The third-order valence-electron chi connectivity index (χ3n) is 3.38. The van der Waals surface area contributed by atoms with Crippen LogP contribution >= 0.6 is 11.6 Å². The average molecular weight is 290 g/mol. The SMILES string of the molecule is Cc1cc(CNCCc2ccc(Cl)cc2)cc(C)c1O. The Kier molecular flexibility index (Phi) is 5.05. The molecule has 20 heavy (non-hydrogen) atoms. The predicted octanol–water partition coefficient (Wildman–Crippen LogP) is 3.99. The number of aryl methyl sites for hydroxylation is 2. The van der Waals surface area contributed by atoms with E-state index < -0.39 is 0 Å². The molecule has 0 radical (unpaired) electrons. The molecule has 0 aliphatic heterocycles. The minimum absolute atomic E-state index is 0.398. The zero-order valence-corrected chi connectivity index (χ0v) is 12.7. The molecule has 2 nitrogen and oxygen atoms in total. The Labute approximate surface area is 125 Å². The lowest BCUT2D eigenvalue weighted by atomic mass is 10.1. The smallest absolute Gasteiger partial charge is 0.121 e. The van der Waals surface area contributed by atoms with Gasteiger partial charge in [-0.3, -0.25) is 0 Å². The van der Waals surface area contributed by atoms with Crippen molar-refractivity contribution in [1.29, 1.82) is 0 Å². The Hall–Kier alpha value is -1.51. The number of hydrogen-bond acceptors (Lipinski definition) is 2. The fourth-order valence-corrected chi connectivity index (χ4v) is 2.39. The van der Waals surface area contributed by atoms with Gasteiger partial charge in [-0.15, -0.1) is 0 Å². The quantitative estimate of drug-likeness (QED) is 0.816. The fraction of sp³-hybridized carbons (Fsp3) is 0.294. The summed E-state index contributed by atoms with van der Waals surface area (Å²) >= 11 is 5.86. The van der Waals surface area contributed by atoms with Crippen molar-refractivity contribution in [2.24, 2.45) is 0 Å². The molecule has 0 fully saturated rings. The lowest BCUT2D eigenvalue weighted by Gasteiger charge is -2.09. The van der Waals surface area contributed by atoms with Gasteiger partial charge in [0, 0.05) is 11.6 Å². The topological polar surface area (TPSA) is 32.3 Å². The zero-order valence-electron chi connectivity index (χ0n) is 11.9. The molecular weight excluding hydrogens is 270 g/mol. The molecule has 0 saturated carbocycles. The maximum atomic E-state index is 9.74. The third-order valence-corrected chi connectivity index (χ3v) is 3.64. The van der Waals surface area contributed by atoms with E-state index in [2.05, 4.69) is 17.4 Å². The molecule has 3 heteroatoms. The van der Waals surface area contributed by atoms with Crippen LogP contribution in [0.5, 0.6) is 5.75 Å². The Bertz CT molecular complexity index is 555. The van der Waals surface area contributed by atoms with E-state index in [1.54, 1.807) is 0 Å². The second kappa shape index (κ2) is 6.78. The van der Waals surface area contributed by atoms with E-state index in [9.17, 15) is 5.11 Å². The number of phenols is 1. The molecule has 2 aromatic carbocycles. The van der Waals surface area contributed by atoms with Crippen LogP contribution in [0.15, 0.2) is 36.4 Å². The van der Waals surface area contributed by atoms with Crippen LogP contribution in [-0.2, 0) is 13.0 Å². The number of phenolic OH excluding ortho intramolecular Hbond substituents is 1. The van der Waals surface area contributed by atoms with Crippen LogP contribution in [0.4, 0.5) is 0 Å². The minimum Gasteiger partial charge on any atom is -0.507 e. The van der Waals surface area contributed by atoms with E-state index in [0.29, 0.717) is 5.75 Å². The molecule has 0 spiro atoms. The van der Waals surface area contributed by atoms with Crippen LogP contribution in [0.25, 0.3) is 0 Å². The van der Waals surface area contributed by atoms with Crippen molar-refractivity contribution in [1.82, 2.24) is 5.32 Å². The van der Waals surface area contributed by atoms with Crippen LogP contribution in [0.3, 0.4) is 0 Å². The van der Waals surface area contributed by atoms with E-state index >= 15 is 0 Å². The Morgan fingerprint density at radius 1 is 1.00 bits per heavy atom. The molecule has 2 aromatic rings. The van der Waals surface area contributed by atoms with Crippen molar-refractivity contribution in [3.05, 3.63) is 63.7 Å². The summed E-state index contributed by atoms with van der Waals surface area (Å²) < 4.78 is 0. The highest BCUT2D eigenvalue weighted by atomic mass is 35.5. The number of benzene rings is 2. The van der Waals surface area contributed by atoms with E-state index in [1.165, 1.54) is 11.1 Å². The first-order valence-electron chi connectivity index (χ1n) is 6.80. The highest BCUT2D eigenvalue weighted by Crippen LogP contribution is 2.22. The zero-order chi connectivity index (χ0) is 14.5. The van der Waals surface area contributed by atoms with Gasteiger partial charge >= 0.3 is 0 Å². The molecule has 0 aliphatic carbocycles. The van der Waals surface area contributed by atoms with E-state index in [4.69, 9.17) is 11.6 Å². The molecule has 0 amide bonds. The Morgan fingerprint density at radius 3 is 2.20 bits per heavy atom. The number of nitrogens with one attached hydrogen (secondary N) is 1. The Balaban J connectivity index is 1.83. The van der Waals surface area contributed by atoms with Gasteiger partial charge in [-0.05, 0) is 61.2 Å². The van der Waals surface area contributed by atoms with Crippen molar-refractivity contribution < 1.29 is 5.11 Å². The minimum atomic E-state index is 0.398. The maximum Gasteiger partial charge on any atom is 0.121 e. The van der Waals surface area contributed by atoms with Gasteiger partial charge < -0.3 is 10.4 Å². The summed E-state index contributed by atoms with van der Waals surface area (Å²) in [6.45, 7) is 5.59. The summed E-state index contributed by atoms with van der Waals surface area (Å²) in [5.41, 5.74) is 4.34. The van der Waals surface area contributed by atoms with Crippen molar-refractivity contribution in [3.8, 4) is 5.75 Å². The van der Waals surface area contributed by atoms with Gasteiger partial charge in [-0.25, -0.2) is 0 Å². The molecule has 0 heterocycles. The van der Waals surface area contributed by atoms with Crippen LogP contribution in [0, 0.1) is 13.8 Å². The molecule has 0 saturated heterocycles. The first-order chi connectivity index (χ1) is 9.56. The number of rotatable bonds is 5. The summed E-state index contributed by atoms with van der Waals surface area (Å²) in [6.07, 6.45) is 0.979. The first kappa shape index (κ1) is 14.9. The molecule has 2 N–H and O–H groups in total. The van der Waals surface area contributed by atoms with Crippen LogP contribution in [0.2, 0.25) is 5.02 Å². The lowest BCUT2D eigenvalue weighted by Crippen LogP contribution is -2.16. The van der Waals surface area contributed by atoms with E-state index in [-0.39, 0.29) is 0 Å². The molecule has 0 bridgehead atoms. The Morgan fingerprint density at radius 2 is 1.60 bits per heavy atom. The van der Waals surface area contributed by atoms with Gasteiger partial charge in [0.2, 0.25) is 0 Å². The van der Waals surface area contributed by atoms with Crippen LogP contribution in [-0.4, -0.2) is 11.7 Å². The number of aromatic hydroxyl groups is 1. The standard InChI is InChI=1S/C17H20ClNO/c1-12-9-15(10-13(2)17(12)20)11-19-8-7-14-3-5-16(18)6-4-14/h3-6,9-10,19-20H,7-8,11H2,1-2H3. The lowest BCUT2D eigenvalue weighted by molar-refractivity contribution is 0.466. The largest absolute Gasteiger partial charge is 0.507 e. The molecule has 0 unspecified atom stereocenters.